The minimum absolute atomic E-state index is 0.474. The molecule has 1 spiro atoms. The van der Waals surface area contributed by atoms with Crippen LogP contribution in [0.25, 0.3) is 0 Å². The number of likely N-dealkylation sites (tertiary alicyclic amines) is 2. The van der Waals surface area contributed by atoms with Crippen molar-refractivity contribution in [2.45, 2.75) is 26.3 Å². The zero-order chi connectivity index (χ0) is 15.6. The molecule has 0 radical (unpaired) electrons. The number of piperidine rings is 1. The topological polar surface area (TPSA) is 28.6 Å². The van der Waals surface area contributed by atoms with E-state index in [1.54, 1.807) is 0 Å². The molecule has 2 fully saturated rings. The largest absolute Gasteiger partial charge is 0.384 e. The molecule has 1 aromatic rings. The Morgan fingerprint density at radius 3 is 2.77 bits per heavy atom. The van der Waals surface area contributed by atoms with Crippen molar-refractivity contribution in [2.75, 3.05) is 46.9 Å². The van der Waals surface area contributed by atoms with Crippen molar-refractivity contribution in [1.29, 1.82) is 0 Å². The highest BCUT2D eigenvalue weighted by Gasteiger charge is 2.46. The van der Waals surface area contributed by atoms with E-state index in [-0.39, 0.29) is 0 Å². The second-order valence-corrected chi connectivity index (χ2v) is 7.26. The van der Waals surface area contributed by atoms with E-state index in [2.05, 4.69) is 47.0 Å². The van der Waals surface area contributed by atoms with Crippen LogP contribution >= 0.6 is 0 Å². The molecule has 4 heteroatoms. The smallest absolute Gasteiger partial charge is 0.0547 e. The summed E-state index contributed by atoms with van der Waals surface area (Å²) in [4.78, 5) is 9.70. The van der Waals surface area contributed by atoms with Gasteiger partial charge in [0, 0.05) is 38.4 Å². The number of hydrogen-bond donors (Lipinski definition) is 0. The quantitative estimate of drug-likeness (QED) is 0.852. The fourth-order valence-electron chi connectivity index (χ4n) is 4.37. The summed E-state index contributed by atoms with van der Waals surface area (Å²) in [6.45, 7) is 8.75. The molecule has 0 aromatic carbocycles. The molecule has 2 saturated heterocycles. The monoisotopic (exact) mass is 303 g/mol. The van der Waals surface area contributed by atoms with Crippen LogP contribution in [0, 0.1) is 18.3 Å². The average molecular weight is 303 g/mol. The molecule has 1 atom stereocenters. The predicted octanol–water partition coefficient (Wildman–Crippen LogP) is 2.18. The highest BCUT2D eigenvalue weighted by molar-refractivity contribution is 5.10. The zero-order valence-corrected chi connectivity index (χ0v) is 14.2. The molecule has 3 heterocycles. The molecule has 3 rings (SSSR count). The van der Waals surface area contributed by atoms with Crippen LogP contribution in [-0.4, -0.2) is 61.7 Å². The van der Waals surface area contributed by atoms with Crippen LogP contribution in [0.15, 0.2) is 18.2 Å². The van der Waals surface area contributed by atoms with E-state index < -0.39 is 0 Å². The molecule has 1 aromatic heterocycles. The number of rotatable bonds is 4. The number of nitrogens with zero attached hydrogens (tertiary/aromatic N) is 3. The summed E-state index contributed by atoms with van der Waals surface area (Å²) in [7, 11) is 4.09. The van der Waals surface area contributed by atoms with Gasteiger partial charge in [0.25, 0.3) is 0 Å². The lowest BCUT2D eigenvalue weighted by Crippen LogP contribution is -2.44. The lowest BCUT2D eigenvalue weighted by molar-refractivity contribution is 0.0350. The maximum absolute atomic E-state index is 5.49. The van der Waals surface area contributed by atoms with Gasteiger partial charge in [-0.15, -0.1) is 0 Å². The van der Waals surface area contributed by atoms with Crippen molar-refractivity contribution < 1.29 is 4.74 Å². The molecule has 0 amide bonds. The maximum Gasteiger partial charge on any atom is 0.0547 e. The molecule has 0 bridgehead atoms. The van der Waals surface area contributed by atoms with Crippen molar-refractivity contribution in [1.82, 2.24) is 14.8 Å². The molecular formula is C18H29N3O. The molecule has 2 aliphatic heterocycles. The predicted molar refractivity (Wildman–Crippen MR) is 88.8 cm³/mol. The Morgan fingerprint density at radius 1 is 1.32 bits per heavy atom. The van der Waals surface area contributed by atoms with Gasteiger partial charge in [0.1, 0.15) is 0 Å². The highest BCUT2D eigenvalue weighted by Crippen LogP contribution is 2.44. The van der Waals surface area contributed by atoms with Gasteiger partial charge < -0.3 is 9.64 Å². The van der Waals surface area contributed by atoms with Crippen molar-refractivity contribution >= 4 is 0 Å². The standard InChI is InChI=1S/C18H29N3O/c1-15-5-4-6-17(19-15)12-21-9-7-18(8-10-21)14-20(2)11-16(18)13-22-3/h4-6,16H,7-14H2,1-3H3. The molecule has 2 aliphatic rings. The van der Waals surface area contributed by atoms with Gasteiger partial charge in [0.05, 0.1) is 12.3 Å². The Bertz CT molecular complexity index is 497. The first-order valence-corrected chi connectivity index (χ1v) is 8.44. The van der Waals surface area contributed by atoms with Crippen LogP contribution in [0.3, 0.4) is 0 Å². The second kappa shape index (κ2) is 6.65. The molecule has 122 valence electrons. The Hall–Kier alpha value is -0.970. The Labute approximate surface area is 134 Å². The molecule has 22 heavy (non-hydrogen) atoms. The highest BCUT2D eigenvalue weighted by atomic mass is 16.5. The van der Waals surface area contributed by atoms with Crippen LogP contribution in [0.4, 0.5) is 0 Å². The number of methoxy groups -OCH3 is 1. The second-order valence-electron chi connectivity index (χ2n) is 7.26. The third-order valence-electron chi connectivity index (χ3n) is 5.53. The fraction of sp³-hybridized carbons (Fsp3) is 0.722. The first kappa shape index (κ1) is 15.9. The van der Waals surface area contributed by atoms with Gasteiger partial charge in [-0.1, -0.05) is 6.07 Å². The summed E-state index contributed by atoms with van der Waals surface area (Å²) in [5.41, 5.74) is 2.79. The van der Waals surface area contributed by atoms with E-state index in [0.717, 1.165) is 18.8 Å². The Balaban J connectivity index is 1.60. The zero-order valence-electron chi connectivity index (χ0n) is 14.2. The van der Waals surface area contributed by atoms with Gasteiger partial charge in [0.2, 0.25) is 0 Å². The van der Waals surface area contributed by atoms with Crippen molar-refractivity contribution in [3.63, 3.8) is 0 Å². The average Bonchev–Trinajstić information content (AvgIpc) is 2.78. The SMILES string of the molecule is COCC1CN(C)CC12CCN(Cc1cccc(C)n1)CC2. The van der Waals surface area contributed by atoms with Crippen LogP contribution in [0.1, 0.15) is 24.2 Å². The van der Waals surface area contributed by atoms with Gasteiger partial charge in [0.15, 0.2) is 0 Å². The van der Waals surface area contributed by atoms with Crippen LogP contribution in [0.5, 0.6) is 0 Å². The van der Waals surface area contributed by atoms with E-state index in [1.165, 1.54) is 44.7 Å². The summed E-state index contributed by atoms with van der Waals surface area (Å²) in [5.74, 6) is 0.696. The van der Waals surface area contributed by atoms with Crippen molar-refractivity contribution in [2.24, 2.45) is 11.3 Å². The van der Waals surface area contributed by atoms with Gasteiger partial charge in [-0.05, 0) is 57.5 Å². The molecule has 0 saturated carbocycles. The molecule has 0 aliphatic carbocycles. The van der Waals surface area contributed by atoms with Gasteiger partial charge in [-0.25, -0.2) is 0 Å². The van der Waals surface area contributed by atoms with Gasteiger partial charge in [-0.3, -0.25) is 9.88 Å². The number of aryl methyl sites for hydroxylation is 1. The number of ether oxygens (including phenoxy) is 1. The summed E-state index contributed by atoms with van der Waals surface area (Å²) >= 11 is 0. The number of pyridine rings is 1. The van der Waals surface area contributed by atoms with E-state index in [9.17, 15) is 0 Å². The van der Waals surface area contributed by atoms with Crippen molar-refractivity contribution in [3.05, 3.63) is 29.6 Å². The van der Waals surface area contributed by atoms with Gasteiger partial charge in [-0.2, -0.15) is 0 Å². The van der Waals surface area contributed by atoms with Gasteiger partial charge >= 0.3 is 0 Å². The third-order valence-corrected chi connectivity index (χ3v) is 5.53. The number of aromatic nitrogens is 1. The van der Waals surface area contributed by atoms with E-state index in [0.29, 0.717) is 11.3 Å². The van der Waals surface area contributed by atoms with Crippen LogP contribution in [-0.2, 0) is 11.3 Å². The lowest BCUT2D eigenvalue weighted by atomic mass is 9.71. The van der Waals surface area contributed by atoms with E-state index in [1.807, 2.05) is 7.11 Å². The molecule has 4 nitrogen and oxygen atoms in total. The number of hydrogen-bond acceptors (Lipinski definition) is 4. The fourth-order valence-corrected chi connectivity index (χ4v) is 4.37. The summed E-state index contributed by atoms with van der Waals surface area (Å²) in [6.07, 6.45) is 2.58. The van der Waals surface area contributed by atoms with Crippen molar-refractivity contribution in [3.8, 4) is 0 Å². The first-order chi connectivity index (χ1) is 10.6. The Morgan fingerprint density at radius 2 is 2.09 bits per heavy atom. The first-order valence-electron chi connectivity index (χ1n) is 8.44. The summed E-state index contributed by atoms with van der Waals surface area (Å²) in [6, 6.07) is 6.33. The Kier molecular flexibility index (Phi) is 4.81. The third kappa shape index (κ3) is 3.34. The minimum Gasteiger partial charge on any atom is -0.384 e. The summed E-state index contributed by atoms with van der Waals surface area (Å²) < 4.78 is 5.49. The van der Waals surface area contributed by atoms with Crippen LogP contribution in [0.2, 0.25) is 0 Å². The molecule has 0 N–H and O–H groups in total. The molecule has 1 unspecified atom stereocenters. The normalized spacial score (nSPS) is 25.9. The minimum atomic E-state index is 0.474. The van der Waals surface area contributed by atoms with Crippen LogP contribution < -0.4 is 0 Å². The maximum atomic E-state index is 5.49. The molecular weight excluding hydrogens is 274 g/mol. The van der Waals surface area contributed by atoms with E-state index in [4.69, 9.17) is 4.74 Å². The van der Waals surface area contributed by atoms with E-state index >= 15 is 0 Å². The summed E-state index contributed by atoms with van der Waals surface area (Å²) in [5, 5.41) is 0. The lowest BCUT2D eigenvalue weighted by Gasteiger charge is -2.42.